The molecule has 0 radical (unpaired) electrons. The van der Waals surface area contributed by atoms with Gasteiger partial charge in [-0.1, -0.05) is 72.8 Å². The molecule has 0 spiro atoms. The van der Waals surface area contributed by atoms with Gasteiger partial charge in [0, 0.05) is 17.7 Å². The Kier molecular flexibility index (Phi) is 6.15. The number of Topliss-reactive ketones (excluding diaryl/α,β-unsaturated/α-hetero) is 1. The van der Waals surface area contributed by atoms with Crippen LogP contribution in [0.15, 0.2) is 97.3 Å². The van der Waals surface area contributed by atoms with E-state index in [4.69, 9.17) is 0 Å². The third kappa shape index (κ3) is 4.50. The number of fused-ring (bicyclic) bond motifs is 1. The van der Waals surface area contributed by atoms with E-state index in [1.807, 2.05) is 65.5 Å². The molecule has 0 amide bonds. The first-order valence-corrected chi connectivity index (χ1v) is 8.82. The maximum Gasteiger partial charge on any atom is 0.228 e. The second-order valence-electron chi connectivity index (χ2n) is 6.49. The van der Waals surface area contributed by atoms with E-state index in [2.05, 4.69) is 36.4 Å². The summed E-state index contributed by atoms with van der Waals surface area (Å²) in [6.07, 6.45) is 4.88. The zero-order chi connectivity index (χ0) is 17.8. The van der Waals surface area contributed by atoms with Crippen molar-refractivity contribution in [2.24, 2.45) is 0 Å². The maximum atomic E-state index is 12.8. The molecule has 134 valence electrons. The molecule has 1 heterocycles. The van der Waals surface area contributed by atoms with Crippen molar-refractivity contribution < 1.29 is 9.36 Å². The monoisotopic (exact) mass is 418 g/mol. The molecule has 0 bridgehead atoms. The van der Waals surface area contributed by atoms with Crippen LogP contribution in [-0.2, 0) is 13.0 Å². The lowest BCUT2D eigenvalue weighted by molar-refractivity contribution is -0.683. The van der Waals surface area contributed by atoms with Crippen molar-refractivity contribution in [3.8, 4) is 0 Å². The van der Waals surface area contributed by atoms with E-state index in [9.17, 15) is 4.79 Å². The van der Waals surface area contributed by atoms with Gasteiger partial charge in [0.05, 0.1) is 0 Å². The standard InChI is InChI=1S/C24H20NO.BrH/c26-24(23-12-6-10-21-9-4-5-11-22(21)23)18-25-15-13-20(14-16-25)17-19-7-2-1-3-8-19;/h1-16H,17-18H2;1H/q+1;. The number of aromatic nitrogens is 1. The molecule has 0 fully saturated rings. The van der Waals surface area contributed by atoms with Gasteiger partial charge in [0.15, 0.2) is 12.4 Å². The number of hydrogen-bond donors (Lipinski definition) is 0. The number of nitrogens with zero attached hydrogens (tertiary/aromatic N) is 1. The Balaban J connectivity index is 0.00000210. The number of halogens is 1. The summed E-state index contributed by atoms with van der Waals surface area (Å²) >= 11 is 0. The van der Waals surface area contributed by atoms with Crippen LogP contribution in [0.2, 0.25) is 0 Å². The van der Waals surface area contributed by atoms with Gasteiger partial charge in [-0.05, 0) is 28.3 Å². The lowest BCUT2D eigenvalue weighted by Gasteiger charge is -2.04. The molecule has 1 aromatic heterocycles. The van der Waals surface area contributed by atoms with Crippen molar-refractivity contribution in [1.29, 1.82) is 0 Å². The summed E-state index contributed by atoms with van der Waals surface area (Å²) in [6.45, 7) is 0.347. The molecule has 3 aromatic carbocycles. The lowest BCUT2D eigenvalue weighted by atomic mass is 10.0. The summed E-state index contributed by atoms with van der Waals surface area (Å²) in [6, 6.07) is 28.5. The van der Waals surface area contributed by atoms with Gasteiger partial charge in [-0.15, -0.1) is 17.0 Å². The molecule has 0 unspecified atom stereocenters. The first-order valence-electron chi connectivity index (χ1n) is 8.82. The zero-order valence-electron chi connectivity index (χ0n) is 14.9. The third-order valence-corrected chi connectivity index (χ3v) is 4.63. The van der Waals surface area contributed by atoms with E-state index in [1.54, 1.807) is 0 Å². The fraction of sp³-hybridized carbons (Fsp3) is 0.0833. The van der Waals surface area contributed by atoms with Crippen LogP contribution in [0.25, 0.3) is 10.8 Å². The second-order valence-corrected chi connectivity index (χ2v) is 6.49. The van der Waals surface area contributed by atoms with Gasteiger partial charge in [-0.2, -0.15) is 4.57 Å². The first kappa shape index (κ1) is 19.0. The molecule has 3 heteroatoms. The van der Waals surface area contributed by atoms with Crippen LogP contribution < -0.4 is 4.57 Å². The molecule has 2 nitrogen and oxygen atoms in total. The molecule has 27 heavy (non-hydrogen) atoms. The highest BCUT2D eigenvalue weighted by Crippen LogP contribution is 2.19. The van der Waals surface area contributed by atoms with Crippen LogP contribution in [0.4, 0.5) is 0 Å². The van der Waals surface area contributed by atoms with Crippen LogP contribution >= 0.6 is 17.0 Å². The van der Waals surface area contributed by atoms with Crippen molar-refractivity contribution in [2.45, 2.75) is 13.0 Å². The highest BCUT2D eigenvalue weighted by atomic mass is 79.9. The fourth-order valence-corrected chi connectivity index (χ4v) is 3.26. The topological polar surface area (TPSA) is 20.9 Å². The SMILES string of the molecule is Br.O=C(C[n+]1ccc(Cc2ccccc2)cc1)c1cccc2ccccc12. The maximum absolute atomic E-state index is 12.8. The molecular formula is C24H21BrNO+. The Bertz CT molecular complexity index is 1040. The highest BCUT2D eigenvalue weighted by Gasteiger charge is 2.14. The Labute approximate surface area is 169 Å². The van der Waals surface area contributed by atoms with Gasteiger partial charge < -0.3 is 0 Å². The average Bonchev–Trinajstić information content (AvgIpc) is 2.70. The molecule has 0 atom stereocenters. The molecule has 0 N–H and O–H groups in total. The molecule has 4 rings (SSSR count). The molecule has 0 saturated carbocycles. The predicted octanol–water partition coefficient (Wildman–Crippen LogP) is 5.18. The highest BCUT2D eigenvalue weighted by molar-refractivity contribution is 8.93. The number of carbonyl (C=O) groups excluding carboxylic acids is 1. The average molecular weight is 419 g/mol. The summed E-state index contributed by atoms with van der Waals surface area (Å²) < 4.78 is 1.94. The number of ketones is 1. The van der Waals surface area contributed by atoms with Crippen molar-refractivity contribution >= 4 is 33.5 Å². The van der Waals surface area contributed by atoms with Crippen LogP contribution in [0.1, 0.15) is 21.5 Å². The summed E-state index contributed by atoms with van der Waals surface area (Å²) in [5, 5.41) is 2.11. The van der Waals surface area contributed by atoms with Crippen LogP contribution in [-0.4, -0.2) is 5.78 Å². The normalized spacial score (nSPS) is 10.4. The minimum atomic E-state index is 0. The van der Waals surface area contributed by atoms with E-state index in [0.717, 1.165) is 22.8 Å². The van der Waals surface area contributed by atoms with Crippen molar-refractivity contribution in [2.75, 3.05) is 0 Å². The molecule has 0 aliphatic carbocycles. The quantitative estimate of drug-likeness (QED) is 0.323. The Morgan fingerprint density at radius 1 is 0.704 bits per heavy atom. The van der Waals surface area contributed by atoms with E-state index >= 15 is 0 Å². The predicted molar refractivity (Wildman–Crippen MR) is 114 cm³/mol. The Hall–Kier alpha value is -2.78. The summed E-state index contributed by atoms with van der Waals surface area (Å²) in [5.74, 6) is 0.127. The van der Waals surface area contributed by atoms with Crippen molar-refractivity contribution in [1.82, 2.24) is 0 Å². The van der Waals surface area contributed by atoms with Crippen LogP contribution in [0.3, 0.4) is 0 Å². The van der Waals surface area contributed by atoms with Crippen LogP contribution in [0.5, 0.6) is 0 Å². The third-order valence-electron chi connectivity index (χ3n) is 4.63. The van der Waals surface area contributed by atoms with Gasteiger partial charge in [-0.25, -0.2) is 0 Å². The van der Waals surface area contributed by atoms with Crippen molar-refractivity contribution in [3.63, 3.8) is 0 Å². The smallest absolute Gasteiger partial charge is 0.228 e. The summed E-state index contributed by atoms with van der Waals surface area (Å²) in [5.41, 5.74) is 3.31. The number of hydrogen-bond acceptors (Lipinski definition) is 1. The Morgan fingerprint density at radius 2 is 1.33 bits per heavy atom. The first-order chi connectivity index (χ1) is 12.8. The Morgan fingerprint density at radius 3 is 2.11 bits per heavy atom. The van der Waals surface area contributed by atoms with Gasteiger partial charge in [0.25, 0.3) is 0 Å². The van der Waals surface area contributed by atoms with Gasteiger partial charge in [-0.3, -0.25) is 4.79 Å². The van der Waals surface area contributed by atoms with Gasteiger partial charge in [0.1, 0.15) is 0 Å². The summed E-state index contributed by atoms with van der Waals surface area (Å²) in [7, 11) is 0. The van der Waals surface area contributed by atoms with Gasteiger partial charge >= 0.3 is 0 Å². The molecule has 0 saturated heterocycles. The number of carbonyl (C=O) groups is 1. The molecule has 4 aromatic rings. The van der Waals surface area contributed by atoms with E-state index in [1.165, 1.54) is 11.1 Å². The molecular weight excluding hydrogens is 398 g/mol. The molecule has 0 aliphatic heterocycles. The minimum Gasteiger partial charge on any atom is -0.287 e. The fourth-order valence-electron chi connectivity index (χ4n) is 3.26. The van der Waals surface area contributed by atoms with E-state index in [0.29, 0.717) is 6.54 Å². The van der Waals surface area contributed by atoms with E-state index in [-0.39, 0.29) is 22.8 Å². The second kappa shape index (κ2) is 8.74. The van der Waals surface area contributed by atoms with E-state index < -0.39 is 0 Å². The number of pyridine rings is 1. The summed E-state index contributed by atoms with van der Waals surface area (Å²) in [4.78, 5) is 12.8. The minimum absolute atomic E-state index is 0. The van der Waals surface area contributed by atoms with Crippen molar-refractivity contribution in [3.05, 3.63) is 114 Å². The number of benzene rings is 3. The van der Waals surface area contributed by atoms with Gasteiger partial charge in [0.2, 0.25) is 12.3 Å². The van der Waals surface area contributed by atoms with Crippen LogP contribution in [0, 0.1) is 0 Å². The number of rotatable bonds is 5. The molecule has 0 aliphatic rings. The lowest BCUT2D eigenvalue weighted by Crippen LogP contribution is -2.37. The largest absolute Gasteiger partial charge is 0.287 e. The zero-order valence-corrected chi connectivity index (χ0v) is 16.6.